The van der Waals surface area contributed by atoms with Crippen molar-refractivity contribution in [3.05, 3.63) is 94.6 Å². The number of esters is 1. The number of methoxy groups -OCH3 is 1. The van der Waals surface area contributed by atoms with Gasteiger partial charge < -0.3 is 19.7 Å². The fourth-order valence-electron chi connectivity index (χ4n) is 4.82. The molecule has 1 heterocycles. The van der Waals surface area contributed by atoms with Gasteiger partial charge in [0.2, 0.25) is 0 Å². The number of benzene rings is 3. The molecule has 1 atom stereocenters. The Hall–Kier alpha value is -4.59. The van der Waals surface area contributed by atoms with Crippen molar-refractivity contribution in [2.45, 2.75) is 45.6 Å². The zero-order valence-corrected chi connectivity index (χ0v) is 23.2. The highest BCUT2D eigenvalue weighted by atomic mass is 16.5. The topological polar surface area (TPSA) is 113 Å². The third-order valence-corrected chi connectivity index (χ3v) is 6.80. The predicted octanol–water partition coefficient (Wildman–Crippen LogP) is 5.43. The number of carbonyl (C=O) groups is 3. The van der Waals surface area contributed by atoms with Crippen molar-refractivity contribution in [3.8, 4) is 11.5 Å². The van der Waals surface area contributed by atoms with E-state index in [1.807, 2.05) is 20.8 Å². The molecule has 0 spiro atoms. The number of Topliss-reactive ketones (excluding diaryl/α,β-unsaturated/α-hetero) is 1. The summed E-state index contributed by atoms with van der Waals surface area (Å²) in [7, 11) is 1.57. The number of aliphatic hydroxyl groups is 1. The molecule has 1 amide bonds. The van der Waals surface area contributed by atoms with Crippen molar-refractivity contribution in [2.24, 2.45) is 0 Å². The van der Waals surface area contributed by atoms with Crippen LogP contribution in [0.1, 0.15) is 56.0 Å². The van der Waals surface area contributed by atoms with E-state index in [-0.39, 0.29) is 41.5 Å². The number of aromatic hydroxyl groups is 1. The monoisotopic (exact) mass is 543 g/mol. The standard InChI is InChI=1S/C32H33NO7/c1-6-40-26(35)17-19-7-12-22(13-8-19)33-28(20-9-14-23(34)15-10-20)27(30(37)31(33)38)29(36)21-11-16-25(39-5)24(18-21)32(2,3)4/h7-16,18,28,34,36H,6,17H2,1-5H3/b29-27-. The Morgan fingerprint density at radius 1 is 0.975 bits per heavy atom. The lowest BCUT2D eigenvalue weighted by molar-refractivity contribution is -0.142. The second kappa shape index (κ2) is 11.3. The lowest BCUT2D eigenvalue weighted by Gasteiger charge is -2.26. The first-order chi connectivity index (χ1) is 19.0. The number of hydrogen-bond acceptors (Lipinski definition) is 7. The Kier molecular flexibility index (Phi) is 8.00. The molecule has 1 saturated heterocycles. The Balaban J connectivity index is 1.85. The van der Waals surface area contributed by atoms with Crippen LogP contribution in [0.5, 0.6) is 11.5 Å². The van der Waals surface area contributed by atoms with E-state index in [1.165, 1.54) is 17.0 Å². The summed E-state index contributed by atoms with van der Waals surface area (Å²) in [6, 6.07) is 17.0. The largest absolute Gasteiger partial charge is 0.508 e. The molecule has 208 valence electrons. The van der Waals surface area contributed by atoms with Crippen LogP contribution in [0.2, 0.25) is 0 Å². The SMILES string of the molecule is CCOC(=O)Cc1ccc(N2C(=O)C(=O)/C(=C(\O)c3ccc(OC)c(C(C)(C)C)c3)C2c2ccc(O)cc2)cc1. The van der Waals surface area contributed by atoms with Gasteiger partial charge in [0.25, 0.3) is 11.7 Å². The number of phenols is 1. The summed E-state index contributed by atoms with van der Waals surface area (Å²) < 4.78 is 10.5. The minimum atomic E-state index is -0.961. The number of amides is 1. The summed E-state index contributed by atoms with van der Waals surface area (Å²) in [4.78, 5) is 40.2. The zero-order valence-electron chi connectivity index (χ0n) is 23.2. The number of ether oxygens (including phenoxy) is 2. The number of rotatable bonds is 7. The molecule has 1 unspecified atom stereocenters. The van der Waals surface area contributed by atoms with Crippen LogP contribution in [-0.2, 0) is 31.0 Å². The number of anilines is 1. The third-order valence-electron chi connectivity index (χ3n) is 6.80. The molecule has 1 aliphatic heterocycles. The summed E-state index contributed by atoms with van der Waals surface area (Å²) in [6.07, 6.45) is 0.0713. The lowest BCUT2D eigenvalue weighted by Crippen LogP contribution is -2.29. The van der Waals surface area contributed by atoms with Gasteiger partial charge in [-0.05, 0) is 65.9 Å². The molecule has 8 nitrogen and oxygen atoms in total. The Morgan fingerprint density at radius 2 is 1.62 bits per heavy atom. The maximum atomic E-state index is 13.5. The van der Waals surface area contributed by atoms with E-state index in [1.54, 1.807) is 68.6 Å². The number of ketones is 1. The highest BCUT2D eigenvalue weighted by Crippen LogP contribution is 2.43. The Labute approximate surface area is 233 Å². The molecule has 40 heavy (non-hydrogen) atoms. The first-order valence-electron chi connectivity index (χ1n) is 13.0. The minimum absolute atomic E-state index is 0.0222. The Morgan fingerprint density at radius 3 is 2.20 bits per heavy atom. The van der Waals surface area contributed by atoms with E-state index in [0.29, 0.717) is 28.1 Å². The molecule has 8 heteroatoms. The van der Waals surface area contributed by atoms with Crippen LogP contribution in [0.3, 0.4) is 0 Å². The summed E-state index contributed by atoms with van der Waals surface area (Å²) in [5.41, 5.74) is 2.43. The van der Waals surface area contributed by atoms with Gasteiger partial charge in [0.15, 0.2) is 0 Å². The molecular formula is C32H33NO7. The quantitative estimate of drug-likeness (QED) is 0.177. The molecule has 0 aliphatic carbocycles. The maximum absolute atomic E-state index is 13.5. The summed E-state index contributed by atoms with van der Waals surface area (Å²) in [5.74, 6) is -1.65. The first kappa shape index (κ1) is 28.4. The van der Waals surface area contributed by atoms with E-state index in [9.17, 15) is 24.6 Å². The fraction of sp³-hybridized carbons (Fsp3) is 0.281. The number of aliphatic hydroxyl groups excluding tert-OH is 1. The van der Waals surface area contributed by atoms with Crippen LogP contribution in [0.15, 0.2) is 72.3 Å². The maximum Gasteiger partial charge on any atom is 0.310 e. The average Bonchev–Trinajstić information content (AvgIpc) is 3.18. The van der Waals surface area contributed by atoms with Gasteiger partial charge in [0.1, 0.15) is 17.3 Å². The van der Waals surface area contributed by atoms with Crippen LogP contribution in [-0.4, -0.2) is 41.6 Å². The lowest BCUT2D eigenvalue weighted by atomic mass is 9.84. The van der Waals surface area contributed by atoms with Crippen LogP contribution < -0.4 is 9.64 Å². The smallest absolute Gasteiger partial charge is 0.310 e. The van der Waals surface area contributed by atoms with Gasteiger partial charge in [-0.25, -0.2) is 0 Å². The number of nitrogens with zero attached hydrogens (tertiary/aromatic N) is 1. The molecule has 0 saturated carbocycles. The predicted molar refractivity (Wildman–Crippen MR) is 151 cm³/mol. The van der Waals surface area contributed by atoms with E-state index in [2.05, 4.69) is 0 Å². The summed E-state index contributed by atoms with van der Waals surface area (Å²) in [5, 5.41) is 21.4. The molecule has 4 rings (SSSR count). The number of hydrogen-bond donors (Lipinski definition) is 2. The van der Waals surface area contributed by atoms with Crippen LogP contribution >= 0.6 is 0 Å². The number of carbonyl (C=O) groups excluding carboxylic acids is 3. The average molecular weight is 544 g/mol. The van der Waals surface area contributed by atoms with Crippen LogP contribution in [0, 0.1) is 0 Å². The van der Waals surface area contributed by atoms with Crippen molar-refractivity contribution in [1.82, 2.24) is 0 Å². The van der Waals surface area contributed by atoms with Gasteiger partial charge in [0.05, 0.1) is 31.8 Å². The summed E-state index contributed by atoms with van der Waals surface area (Å²) >= 11 is 0. The van der Waals surface area contributed by atoms with Gasteiger partial charge >= 0.3 is 5.97 Å². The normalized spacial score (nSPS) is 16.7. The molecule has 0 aromatic heterocycles. The Bertz CT molecular complexity index is 1460. The van der Waals surface area contributed by atoms with Crippen molar-refractivity contribution in [3.63, 3.8) is 0 Å². The molecule has 1 fully saturated rings. The highest BCUT2D eigenvalue weighted by Gasteiger charge is 2.47. The molecule has 3 aromatic carbocycles. The van der Waals surface area contributed by atoms with Crippen LogP contribution in [0.25, 0.3) is 5.76 Å². The second-order valence-corrected chi connectivity index (χ2v) is 10.6. The second-order valence-electron chi connectivity index (χ2n) is 10.6. The van der Waals surface area contributed by atoms with E-state index < -0.39 is 17.7 Å². The van der Waals surface area contributed by atoms with Gasteiger partial charge in [-0.15, -0.1) is 0 Å². The summed E-state index contributed by atoms with van der Waals surface area (Å²) in [6.45, 7) is 8.04. The number of phenolic OH excluding ortho intramolecular Hbond substituents is 1. The molecule has 3 aromatic rings. The van der Waals surface area contributed by atoms with Crippen molar-refractivity contribution < 1.29 is 34.1 Å². The van der Waals surface area contributed by atoms with Crippen LogP contribution in [0.4, 0.5) is 5.69 Å². The fourth-order valence-corrected chi connectivity index (χ4v) is 4.82. The zero-order chi connectivity index (χ0) is 29.2. The van der Waals surface area contributed by atoms with Crippen molar-refractivity contribution in [1.29, 1.82) is 0 Å². The van der Waals surface area contributed by atoms with E-state index in [4.69, 9.17) is 9.47 Å². The molecule has 1 aliphatic rings. The van der Waals surface area contributed by atoms with Crippen molar-refractivity contribution in [2.75, 3.05) is 18.6 Å². The molecule has 0 bridgehead atoms. The minimum Gasteiger partial charge on any atom is -0.508 e. The van der Waals surface area contributed by atoms with Gasteiger partial charge in [-0.3, -0.25) is 19.3 Å². The van der Waals surface area contributed by atoms with E-state index >= 15 is 0 Å². The van der Waals surface area contributed by atoms with Gasteiger partial charge in [0, 0.05) is 16.8 Å². The molecular weight excluding hydrogens is 510 g/mol. The van der Waals surface area contributed by atoms with Crippen molar-refractivity contribution >= 4 is 29.1 Å². The van der Waals surface area contributed by atoms with Gasteiger partial charge in [-0.1, -0.05) is 45.0 Å². The molecule has 2 N–H and O–H groups in total. The first-order valence-corrected chi connectivity index (χ1v) is 13.0. The van der Waals surface area contributed by atoms with Gasteiger partial charge in [-0.2, -0.15) is 0 Å². The highest BCUT2D eigenvalue weighted by molar-refractivity contribution is 6.51. The third kappa shape index (κ3) is 5.57. The molecule has 0 radical (unpaired) electrons. The van der Waals surface area contributed by atoms with E-state index in [0.717, 1.165) is 5.56 Å².